The third kappa shape index (κ3) is 19.2. The number of hydrogen-bond donors (Lipinski definition) is 1. The van der Waals surface area contributed by atoms with Crippen LogP contribution in [0.25, 0.3) is 0 Å². The van der Waals surface area contributed by atoms with Gasteiger partial charge in [-0.3, -0.25) is 0 Å². The van der Waals surface area contributed by atoms with Crippen molar-refractivity contribution in [3.63, 3.8) is 0 Å². The van der Waals surface area contributed by atoms with Gasteiger partial charge >= 0.3 is 29.6 Å². The zero-order valence-corrected chi connectivity index (χ0v) is 14.5. The maximum Gasteiger partial charge on any atom is 1.00 e. The van der Waals surface area contributed by atoms with Crippen molar-refractivity contribution in [1.29, 1.82) is 0 Å². The summed E-state index contributed by atoms with van der Waals surface area (Å²) < 4.78 is 31.0. The van der Waals surface area contributed by atoms with Gasteiger partial charge < -0.3 is 10.3 Å². The first-order chi connectivity index (χ1) is 8.06. The van der Waals surface area contributed by atoms with Gasteiger partial charge in [0, 0.05) is 5.75 Å². The van der Waals surface area contributed by atoms with Gasteiger partial charge in [-0.25, -0.2) is 8.42 Å². The molecule has 0 spiro atoms. The molecule has 0 aliphatic carbocycles. The van der Waals surface area contributed by atoms with Crippen molar-refractivity contribution in [1.82, 2.24) is 0 Å². The topological polar surface area (TPSA) is 83.2 Å². The number of nitrogens with two attached hydrogens (primary N) is 1. The van der Waals surface area contributed by atoms with Crippen molar-refractivity contribution in [2.75, 3.05) is 12.3 Å². The SMILES string of the molecule is NCCCCCCCCCCCCS(=O)(=O)[O-].[Na+]. The molecule has 0 heterocycles. The number of unbranched alkanes of at least 4 members (excludes halogenated alkanes) is 9. The van der Waals surface area contributed by atoms with Crippen molar-refractivity contribution in [3.05, 3.63) is 0 Å². The molecule has 4 nitrogen and oxygen atoms in total. The second-order valence-corrected chi connectivity index (χ2v) is 6.11. The van der Waals surface area contributed by atoms with Crippen molar-refractivity contribution >= 4 is 10.1 Å². The van der Waals surface area contributed by atoms with E-state index in [-0.39, 0.29) is 35.3 Å². The average molecular weight is 287 g/mol. The monoisotopic (exact) mass is 287 g/mol. The summed E-state index contributed by atoms with van der Waals surface area (Å²) in [4.78, 5) is 0. The molecule has 0 fully saturated rings. The maximum atomic E-state index is 10.3. The fourth-order valence-electron chi connectivity index (χ4n) is 1.84. The minimum absolute atomic E-state index is 0. The van der Waals surface area contributed by atoms with Gasteiger partial charge in [0.05, 0.1) is 10.1 Å². The predicted molar refractivity (Wildman–Crippen MR) is 69.8 cm³/mol. The standard InChI is InChI=1S/C12H27NO3S.Na/c13-11-9-7-5-3-1-2-4-6-8-10-12-17(14,15)16;/h1-13H2,(H,14,15,16);/q;+1/p-1. The first-order valence-electron chi connectivity index (χ1n) is 6.70. The predicted octanol–water partition coefficient (Wildman–Crippen LogP) is -0.605. The van der Waals surface area contributed by atoms with Crippen LogP contribution in [-0.4, -0.2) is 25.3 Å². The van der Waals surface area contributed by atoms with Crippen LogP contribution < -0.4 is 35.3 Å². The molecule has 0 aromatic rings. The molecule has 6 heteroatoms. The van der Waals surface area contributed by atoms with Crippen molar-refractivity contribution < 1.29 is 42.5 Å². The van der Waals surface area contributed by atoms with Crippen molar-refractivity contribution in [2.45, 2.75) is 64.2 Å². The summed E-state index contributed by atoms with van der Waals surface area (Å²) in [6.07, 6.45) is 10.9. The molecule has 0 radical (unpaired) electrons. The van der Waals surface area contributed by atoms with Crippen LogP contribution in [0.1, 0.15) is 64.2 Å². The summed E-state index contributed by atoms with van der Waals surface area (Å²) in [6, 6.07) is 0. The summed E-state index contributed by atoms with van der Waals surface area (Å²) in [5, 5.41) is 0. The van der Waals surface area contributed by atoms with Crippen LogP contribution >= 0.6 is 0 Å². The Morgan fingerprint density at radius 3 is 1.39 bits per heavy atom. The van der Waals surface area contributed by atoms with Gasteiger partial charge in [-0.05, 0) is 19.4 Å². The molecule has 0 bridgehead atoms. The normalized spacial score (nSPS) is 11.2. The molecule has 104 valence electrons. The van der Waals surface area contributed by atoms with E-state index in [0.29, 0.717) is 6.42 Å². The molecule has 0 aromatic heterocycles. The number of rotatable bonds is 12. The van der Waals surface area contributed by atoms with Crippen LogP contribution in [0, 0.1) is 0 Å². The molecule has 0 saturated carbocycles. The fraction of sp³-hybridized carbons (Fsp3) is 1.00. The minimum atomic E-state index is -3.99. The van der Waals surface area contributed by atoms with E-state index < -0.39 is 10.1 Å². The van der Waals surface area contributed by atoms with Gasteiger partial charge in [0.1, 0.15) is 0 Å². The van der Waals surface area contributed by atoms with Crippen molar-refractivity contribution in [2.24, 2.45) is 5.73 Å². The van der Waals surface area contributed by atoms with Gasteiger partial charge in [-0.2, -0.15) is 0 Å². The first kappa shape index (κ1) is 21.2. The van der Waals surface area contributed by atoms with Crippen LogP contribution in [0.15, 0.2) is 0 Å². The average Bonchev–Trinajstić information content (AvgIpc) is 2.24. The van der Waals surface area contributed by atoms with E-state index in [1.54, 1.807) is 0 Å². The summed E-state index contributed by atoms with van der Waals surface area (Å²) >= 11 is 0. The Labute approximate surface area is 134 Å². The second-order valence-electron chi connectivity index (χ2n) is 4.59. The summed E-state index contributed by atoms with van der Waals surface area (Å²) in [7, 11) is -3.99. The molecule has 0 aliphatic rings. The van der Waals surface area contributed by atoms with Crippen LogP contribution in [0.5, 0.6) is 0 Å². The van der Waals surface area contributed by atoms with E-state index in [2.05, 4.69) is 0 Å². The van der Waals surface area contributed by atoms with E-state index in [0.717, 1.165) is 32.2 Å². The first-order valence-corrected chi connectivity index (χ1v) is 8.27. The van der Waals surface area contributed by atoms with E-state index in [1.165, 1.54) is 32.1 Å². The molecule has 0 amide bonds. The molecular formula is C12H26NNaO3S. The van der Waals surface area contributed by atoms with E-state index in [4.69, 9.17) is 5.73 Å². The van der Waals surface area contributed by atoms with Crippen LogP contribution in [0.2, 0.25) is 0 Å². The molecule has 18 heavy (non-hydrogen) atoms. The Bertz CT molecular complexity index is 258. The third-order valence-corrected chi connectivity index (χ3v) is 3.64. The van der Waals surface area contributed by atoms with Crippen LogP contribution in [-0.2, 0) is 10.1 Å². The Kier molecular flexibility index (Phi) is 16.8. The van der Waals surface area contributed by atoms with Gasteiger partial charge in [0.15, 0.2) is 0 Å². The largest absolute Gasteiger partial charge is 1.00 e. The zero-order valence-electron chi connectivity index (χ0n) is 11.7. The molecule has 0 saturated heterocycles. The smallest absolute Gasteiger partial charge is 0.748 e. The van der Waals surface area contributed by atoms with Gasteiger partial charge in [-0.1, -0.05) is 51.4 Å². The third-order valence-electron chi connectivity index (χ3n) is 2.85. The fourth-order valence-corrected chi connectivity index (χ4v) is 2.40. The Morgan fingerprint density at radius 2 is 1.06 bits per heavy atom. The second kappa shape index (κ2) is 14.3. The quantitative estimate of drug-likeness (QED) is 0.295. The van der Waals surface area contributed by atoms with Crippen LogP contribution in [0.3, 0.4) is 0 Å². The molecule has 0 aliphatic heterocycles. The molecular weight excluding hydrogens is 261 g/mol. The van der Waals surface area contributed by atoms with E-state index in [1.807, 2.05) is 0 Å². The summed E-state index contributed by atoms with van der Waals surface area (Å²) in [5.41, 5.74) is 5.40. The Morgan fingerprint density at radius 1 is 0.722 bits per heavy atom. The molecule has 0 unspecified atom stereocenters. The Balaban J connectivity index is 0. The van der Waals surface area contributed by atoms with Crippen molar-refractivity contribution in [3.8, 4) is 0 Å². The van der Waals surface area contributed by atoms with Gasteiger partial charge in [0.25, 0.3) is 0 Å². The molecule has 2 N–H and O–H groups in total. The maximum absolute atomic E-state index is 10.3. The number of hydrogen-bond acceptors (Lipinski definition) is 4. The minimum Gasteiger partial charge on any atom is -0.748 e. The van der Waals surface area contributed by atoms with Crippen LogP contribution in [0.4, 0.5) is 0 Å². The summed E-state index contributed by atoms with van der Waals surface area (Å²) in [6.45, 7) is 0.794. The zero-order chi connectivity index (χ0) is 13.0. The van der Waals surface area contributed by atoms with E-state index >= 15 is 0 Å². The molecule has 0 rings (SSSR count). The van der Waals surface area contributed by atoms with Gasteiger partial charge in [0.2, 0.25) is 0 Å². The Hall–Kier alpha value is 0.870. The summed E-state index contributed by atoms with van der Waals surface area (Å²) in [5.74, 6) is -0.202. The van der Waals surface area contributed by atoms with E-state index in [9.17, 15) is 13.0 Å². The molecule has 0 aromatic carbocycles. The van der Waals surface area contributed by atoms with Gasteiger partial charge in [-0.15, -0.1) is 0 Å². The molecule has 0 atom stereocenters.